The van der Waals surface area contributed by atoms with Crippen LogP contribution in [0.1, 0.15) is 26.7 Å². The summed E-state index contributed by atoms with van der Waals surface area (Å²) in [5.74, 6) is -0.0671. The maximum absolute atomic E-state index is 11.8. The van der Waals surface area contributed by atoms with Crippen LogP contribution in [0.25, 0.3) is 0 Å². The van der Waals surface area contributed by atoms with E-state index in [9.17, 15) is 13.2 Å². The normalized spacial score (nSPS) is 23.9. The number of nitrogens with one attached hydrogen (secondary N) is 1. The molecule has 0 aromatic carbocycles. The van der Waals surface area contributed by atoms with Crippen LogP contribution in [0.3, 0.4) is 0 Å². The van der Waals surface area contributed by atoms with Gasteiger partial charge in [0.05, 0.1) is 5.75 Å². The second kappa shape index (κ2) is 4.94. The molecule has 1 fully saturated rings. The first-order valence-electron chi connectivity index (χ1n) is 5.26. The van der Waals surface area contributed by atoms with Crippen molar-refractivity contribution in [3.8, 4) is 0 Å². The van der Waals surface area contributed by atoms with Crippen LogP contribution >= 0.6 is 0 Å². The molecule has 1 rings (SSSR count). The molecule has 0 aromatic heterocycles. The van der Waals surface area contributed by atoms with Crippen LogP contribution in [-0.2, 0) is 14.8 Å². The van der Waals surface area contributed by atoms with Crippen molar-refractivity contribution in [2.24, 2.45) is 0 Å². The molecule has 0 saturated carbocycles. The average Bonchev–Trinajstić information content (AvgIpc) is 2.19. The molecule has 1 saturated heterocycles. The van der Waals surface area contributed by atoms with Crippen LogP contribution in [0.15, 0.2) is 0 Å². The van der Waals surface area contributed by atoms with E-state index in [4.69, 9.17) is 0 Å². The summed E-state index contributed by atoms with van der Waals surface area (Å²) in [5.41, 5.74) is 0. The molecule has 0 aliphatic carbocycles. The number of rotatable bonds is 4. The Kier molecular flexibility index (Phi) is 4.10. The van der Waals surface area contributed by atoms with Crippen LogP contribution in [0.5, 0.6) is 0 Å². The Morgan fingerprint density at radius 1 is 1.53 bits per heavy atom. The molecule has 6 heteroatoms. The van der Waals surface area contributed by atoms with Crippen LogP contribution in [-0.4, -0.2) is 43.5 Å². The zero-order valence-corrected chi connectivity index (χ0v) is 10.0. The van der Waals surface area contributed by atoms with Gasteiger partial charge >= 0.3 is 0 Å². The summed E-state index contributed by atoms with van der Waals surface area (Å²) in [7, 11) is -3.26. The van der Waals surface area contributed by atoms with Gasteiger partial charge < -0.3 is 5.32 Å². The van der Waals surface area contributed by atoms with Gasteiger partial charge in [0.15, 0.2) is 0 Å². The molecule has 1 aliphatic rings. The van der Waals surface area contributed by atoms with Crippen LogP contribution in [0, 0.1) is 0 Å². The predicted octanol–water partition coefficient (Wildman–Crippen LogP) is -0.0634. The maximum Gasteiger partial charge on any atom is 0.238 e. The first kappa shape index (κ1) is 12.4. The van der Waals surface area contributed by atoms with E-state index >= 15 is 0 Å². The molecule has 0 spiro atoms. The van der Waals surface area contributed by atoms with Gasteiger partial charge in [0, 0.05) is 13.1 Å². The third-order valence-electron chi connectivity index (χ3n) is 2.56. The molecule has 5 nitrogen and oxygen atoms in total. The number of hydrogen-bond donors (Lipinski definition) is 1. The van der Waals surface area contributed by atoms with Crippen molar-refractivity contribution in [1.82, 2.24) is 9.62 Å². The second-order valence-electron chi connectivity index (χ2n) is 3.75. The van der Waals surface area contributed by atoms with Crippen molar-refractivity contribution in [3.05, 3.63) is 0 Å². The van der Waals surface area contributed by atoms with Gasteiger partial charge in [0.2, 0.25) is 15.9 Å². The highest BCUT2D eigenvalue weighted by Crippen LogP contribution is 2.12. The van der Waals surface area contributed by atoms with E-state index in [0.29, 0.717) is 19.5 Å². The largest absolute Gasteiger partial charge is 0.353 e. The van der Waals surface area contributed by atoms with E-state index in [2.05, 4.69) is 5.32 Å². The monoisotopic (exact) mass is 234 g/mol. The van der Waals surface area contributed by atoms with Crippen molar-refractivity contribution in [1.29, 1.82) is 0 Å². The lowest BCUT2D eigenvalue weighted by Crippen LogP contribution is -2.56. The smallest absolute Gasteiger partial charge is 0.238 e. The fourth-order valence-electron chi connectivity index (χ4n) is 1.59. The molecule has 1 atom stereocenters. The van der Waals surface area contributed by atoms with Gasteiger partial charge in [-0.1, -0.05) is 13.3 Å². The summed E-state index contributed by atoms with van der Waals surface area (Å²) < 4.78 is 25.0. The molecule has 1 unspecified atom stereocenters. The van der Waals surface area contributed by atoms with Crippen molar-refractivity contribution in [2.75, 3.05) is 18.8 Å². The van der Waals surface area contributed by atoms with Crippen molar-refractivity contribution in [3.63, 3.8) is 0 Å². The van der Waals surface area contributed by atoms with Crippen LogP contribution < -0.4 is 5.32 Å². The van der Waals surface area contributed by atoms with E-state index in [1.807, 2.05) is 6.92 Å². The zero-order valence-electron chi connectivity index (χ0n) is 9.19. The highest BCUT2D eigenvalue weighted by Gasteiger charge is 2.33. The summed E-state index contributed by atoms with van der Waals surface area (Å²) in [6.07, 6.45) is 1.49. The number of amides is 1. The highest BCUT2D eigenvalue weighted by molar-refractivity contribution is 7.89. The number of piperazine rings is 1. The minimum atomic E-state index is -3.26. The Morgan fingerprint density at radius 3 is 2.80 bits per heavy atom. The van der Waals surface area contributed by atoms with E-state index in [-0.39, 0.29) is 11.7 Å². The van der Waals surface area contributed by atoms with E-state index in [0.717, 1.165) is 6.42 Å². The Labute approximate surface area is 90.9 Å². The molecule has 0 aromatic rings. The predicted molar refractivity (Wildman–Crippen MR) is 57.9 cm³/mol. The topological polar surface area (TPSA) is 66.5 Å². The summed E-state index contributed by atoms with van der Waals surface area (Å²) in [6.45, 7) is 4.37. The number of sulfonamides is 1. The summed E-state index contributed by atoms with van der Waals surface area (Å²) in [4.78, 5) is 11.3. The van der Waals surface area contributed by atoms with E-state index in [1.54, 1.807) is 6.92 Å². The number of hydrogen-bond acceptors (Lipinski definition) is 3. The fourth-order valence-corrected chi connectivity index (χ4v) is 3.42. The highest BCUT2D eigenvalue weighted by atomic mass is 32.2. The first-order chi connectivity index (χ1) is 6.99. The molecular weight excluding hydrogens is 216 g/mol. The SMILES string of the molecule is CCCCS(=O)(=O)N1CCNC(=O)C1C. The molecule has 0 radical (unpaired) electrons. The Hall–Kier alpha value is -0.620. The Balaban J connectivity index is 2.72. The minimum absolute atomic E-state index is 0.140. The molecule has 1 amide bonds. The summed E-state index contributed by atoms with van der Waals surface area (Å²) in [5, 5.41) is 2.64. The number of carbonyl (C=O) groups is 1. The lowest BCUT2D eigenvalue weighted by Gasteiger charge is -2.31. The summed E-state index contributed by atoms with van der Waals surface area (Å²) in [6, 6.07) is -0.569. The second-order valence-corrected chi connectivity index (χ2v) is 5.79. The van der Waals surface area contributed by atoms with Gasteiger partial charge in [-0.05, 0) is 13.3 Å². The van der Waals surface area contributed by atoms with Gasteiger partial charge in [-0.3, -0.25) is 4.79 Å². The number of nitrogens with zero attached hydrogens (tertiary/aromatic N) is 1. The molecule has 88 valence electrons. The standard InChI is InChI=1S/C9H18N2O3S/c1-3-4-7-15(13,14)11-6-5-10-9(12)8(11)2/h8H,3-7H2,1-2H3,(H,10,12). The molecule has 1 N–H and O–H groups in total. The minimum Gasteiger partial charge on any atom is -0.353 e. The summed E-state index contributed by atoms with van der Waals surface area (Å²) >= 11 is 0. The van der Waals surface area contributed by atoms with E-state index in [1.165, 1.54) is 4.31 Å². The average molecular weight is 234 g/mol. The van der Waals surface area contributed by atoms with Gasteiger partial charge in [-0.2, -0.15) is 4.31 Å². The van der Waals surface area contributed by atoms with Gasteiger partial charge in [-0.25, -0.2) is 8.42 Å². The van der Waals surface area contributed by atoms with Crippen molar-refractivity contribution < 1.29 is 13.2 Å². The van der Waals surface area contributed by atoms with Gasteiger partial charge in [0.25, 0.3) is 0 Å². The Morgan fingerprint density at radius 2 is 2.20 bits per heavy atom. The maximum atomic E-state index is 11.8. The van der Waals surface area contributed by atoms with Gasteiger partial charge in [-0.15, -0.1) is 0 Å². The quantitative estimate of drug-likeness (QED) is 0.741. The van der Waals surface area contributed by atoms with Crippen LogP contribution in [0.2, 0.25) is 0 Å². The molecule has 1 heterocycles. The lowest BCUT2D eigenvalue weighted by molar-refractivity contribution is -0.126. The van der Waals surface area contributed by atoms with Crippen molar-refractivity contribution in [2.45, 2.75) is 32.7 Å². The number of unbranched alkanes of at least 4 members (excludes halogenated alkanes) is 1. The first-order valence-corrected chi connectivity index (χ1v) is 6.87. The Bertz CT molecular complexity index is 326. The van der Waals surface area contributed by atoms with Crippen molar-refractivity contribution >= 4 is 15.9 Å². The third kappa shape index (κ3) is 2.92. The lowest BCUT2D eigenvalue weighted by atomic mass is 10.2. The molecular formula is C9H18N2O3S. The fraction of sp³-hybridized carbons (Fsp3) is 0.889. The molecule has 0 bridgehead atoms. The number of carbonyl (C=O) groups excluding carboxylic acids is 1. The van der Waals surface area contributed by atoms with Gasteiger partial charge in [0.1, 0.15) is 6.04 Å². The third-order valence-corrected chi connectivity index (χ3v) is 4.57. The molecule has 15 heavy (non-hydrogen) atoms. The molecule has 1 aliphatic heterocycles. The zero-order chi connectivity index (χ0) is 11.5. The van der Waals surface area contributed by atoms with E-state index < -0.39 is 16.1 Å². The van der Waals surface area contributed by atoms with Crippen LogP contribution in [0.4, 0.5) is 0 Å².